The molecule has 0 aliphatic carbocycles. The zero-order valence-corrected chi connectivity index (χ0v) is 26.7. The Morgan fingerprint density at radius 2 is 1.62 bits per heavy atom. The van der Waals surface area contributed by atoms with Gasteiger partial charge in [-0.15, -0.1) is 13.2 Å². The molecule has 0 aromatic heterocycles. The van der Waals surface area contributed by atoms with Gasteiger partial charge in [0.15, 0.2) is 0 Å². The molecule has 0 saturated carbocycles. The number of carbonyl (C=O) groups excluding carboxylic acids is 3. The number of ether oxygens (including phenoxy) is 1. The molecule has 3 saturated heterocycles. The van der Waals surface area contributed by atoms with Gasteiger partial charge in [-0.25, -0.2) is 0 Å². The minimum Gasteiger partial charge on any atom is -0.395 e. The lowest BCUT2D eigenvalue weighted by molar-refractivity contribution is -0.150. The van der Waals surface area contributed by atoms with Crippen molar-refractivity contribution in [3.05, 3.63) is 85.5 Å². The number of rotatable bonds is 14. The first-order valence-corrected chi connectivity index (χ1v) is 16.0. The third-order valence-electron chi connectivity index (χ3n) is 9.86. The van der Waals surface area contributed by atoms with Crippen LogP contribution in [-0.2, 0) is 25.7 Å². The number of β-amino-alcohol motifs (C(OH)–C–C–N with tert-alkyl or cyclic N) is 1. The van der Waals surface area contributed by atoms with Crippen LogP contribution in [0.1, 0.15) is 39.2 Å². The Morgan fingerprint density at radius 1 is 0.978 bits per heavy atom. The van der Waals surface area contributed by atoms with Gasteiger partial charge in [0.05, 0.1) is 24.0 Å². The molecule has 5 rings (SSSR count). The first-order chi connectivity index (χ1) is 21.7. The summed E-state index contributed by atoms with van der Waals surface area (Å²) in [6, 6.07) is 16.5. The van der Waals surface area contributed by atoms with Gasteiger partial charge in [-0.1, -0.05) is 42.5 Å². The van der Waals surface area contributed by atoms with Crippen molar-refractivity contribution in [3.8, 4) is 0 Å². The predicted octanol–water partition coefficient (Wildman–Crippen LogP) is 4.02. The lowest BCUT2D eigenvalue weighted by Gasteiger charge is -2.37. The summed E-state index contributed by atoms with van der Waals surface area (Å²) in [4.78, 5) is 50.5. The van der Waals surface area contributed by atoms with Crippen LogP contribution in [0.5, 0.6) is 0 Å². The number of aliphatic hydroxyl groups excluding tert-OH is 1. The van der Waals surface area contributed by atoms with E-state index in [-0.39, 0.29) is 37.4 Å². The van der Waals surface area contributed by atoms with E-state index in [1.165, 1.54) is 4.90 Å². The van der Waals surface area contributed by atoms with E-state index in [0.29, 0.717) is 31.6 Å². The van der Waals surface area contributed by atoms with Gasteiger partial charge in [0, 0.05) is 50.6 Å². The van der Waals surface area contributed by atoms with E-state index in [4.69, 9.17) is 4.74 Å². The van der Waals surface area contributed by atoms with E-state index in [1.54, 1.807) is 22.0 Å². The van der Waals surface area contributed by atoms with E-state index >= 15 is 0 Å². The van der Waals surface area contributed by atoms with Crippen LogP contribution in [-0.4, -0.2) is 89.2 Å². The number of aliphatic hydroxyl groups is 1. The molecule has 1 N–H and O–H groups in total. The highest BCUT2D eigenvalue weighted by Gasteiger charge is 2.78. The predicted molar refractivity (Wildman–Crippen MR) is 176 cm³/mol. The molecule has 2 aromatic carbocycles. The van der Waals surface area contributed by atoms with Crippen LogP contribution in [0.2, 0.25) is 0 Å². The maximum Gasteiger partial charge on any atom is 0.253 e. The van der Waals surface area contributed by atoms with Gasteiger partial charge in [-0.2, -0.15) is 0 Å². The molecule has 3 fully saturated rings. The van der Waals surface area contributed by atoms with Crippen LogP contribution in [0.15, 0.2) is 79.9 Å². The average Bonchev–Trinajstić information content (AvgIpc) is 3.61. The number of hydrogen-bond donors (Lipinski definition) is 1. The number of nitrogens with zero attached hydrogens (tertiary/aromatic N) is 4. The minimum absolute atomic E-state index is 0.0301. The van der Waals surface area contributed by atoms with Gasteiger partial charge in [-0.05, 0) is 63.4 Å². The molecule has 3 heterocycles. The fourth-order valence-corrected chi connectivity index (χ4v) is 7.85. The number of hydrogen-bond acceptors (Lipinski definition) is 6. The van der Waals surface area contributed by atoms with Crippen LogP contribution >= 0.6 is 0 Å². The normalized spacial score (nSPS) is 26.4. The highest BCUT2D eigenvalue weighted by Crippen LogP contribution is 2.63. The molecule has 0 radical (unpaired) electrons. The maximum absolute atomic E-state index is 14.7. The molecule has 3 amide bonds. The first kappa shape index (κ1) is 32.4. The number of fused-ring (bicyclic) bond motifs is 1. The van der Waals surface area contributed by atoms with Crippen LogP contribution in [0.3, 0.4) is 0 Å². The summed E-state index contributed by atoms with van der Waals surface area (Å²) in [5.74, 6) is -2.43. The van der Waals surface area contributed by atoms with Gasteiger partial charge < -0.3 is 29.4 Å². The van der Waals surface area contributed by atoms with E-state index in [1.807, 2.05) is 61.5 Å². The molecule has 9 heteroatoms. The molecule has 240 valence electrons. The minimum atomic E-state index is -1.19. The summed E-state index contributed by atoms with van der Waals surface area (Å²) < 4.78 is 6.81. The molecule has 45 heavy (non-hydrogen) atoms. The van der Waals surface area contributed by atoms with Crippen LogP contribution < -0.4 is 9.80 Å². The Labute approximate surface area is 266 Å². The second kappa shape index (κ2) is 13.2. The molecular formula is C36H46N4O5. The Bertz CT molecular complexity index is 1410. The van der Waals surface area contributed by atoms with Crippen molar-refractivity contribution in [2.75, 3.05) is 49.1 Å². The van der Waals surface area contributed by atoms with Gasteiger partial charge in [-0.3, -0.25) is 14.4 Å². The van der Waals surface area contributed by atoms with Crippen molar-refractivity contribution in [1.29, 1.82) is 0 Å². The zero-order valence-electron chi connectivity index (χ0n) is 26.7. The van der Waals surface area contributed by atoms with Crippen molar-refractivity contribution in [3.63, 3.8) is 0 Å². The molecule has 3 aliphatic rings. The van der Waals surface area contributed by atoms with Gasteiger partial charge >= 0.3 is 0 Å². The summed E-state index contributed by atoms with van der Waals surface area (Å²) in [6.07, 6.45) is 4.35. The third-order valence-corrected chi connectivity index (χ3v) is 9.86. The second-order valence-electron chi connectivity index (χ2n) is 12.4. The van der Waals surface area contributed by atoms with E-state index < -0.39 is 29.1 Å². The molecule has 5 atom stereocenters. The van der Waals surface area contributed by atoms with E-state index in [9.17, 15) is 19.5 Å². The standard InChI is InChI=1S/C36H46N4O5/c1-6-21-38(25-26-13-11-10-12-14-26)32(42)29-30-33(43)40(23-24-41)31(36(30)20-19-35(29,5)45-36)34(44)39(22-7-2)28-17-15-27(16-18-28)37(8-3)9-4/h6-7,10-18,29-31,41H,1-2,8-9,19-25H2,3-5H3/t29-,30+,31?,35+,36?/m1/s1. The Kier molecular flexibility index (Phi) is 9.51. The van der Waals surface area contributed by atoms with Crippen molar-refractivity contribution in [1.82, 2.24) is 9.80 Å². The van der Waals surface area contributed by atoms with Crippen molar-refractivity contribution in [2.24, 2.45) is 11.8 Å². The van der Waals surface area contributed by atoms with Crippen LogP contribution in [0.25, 0.3) is 0 Å². The number of amides is 3. The van der Waals surface area contributed by atoms with Crippen molar-refractivity contribution in [2.45, 2.75) is 57.4 Å². The van der Waals surface area contributed by atoms with Crippen molar-refractivity contribution < 1.29 is 24.2 Å². The van der Waals surface area contributed by atoms with Crippen LogP contribution in [0, 0.1) is 11.8 Å². The smallest absolute Gasteiger partial charge is 0.253 e. The third kappa shape index (κ3) is 5.57. The molecule has 2 bridgehead atoms. The topological polar surface area (TPSA) is 93.6 Å². The first-order valence-electron chi connectivity index (χ1n) is 16.0. The van der Waals surface area contributed by atoms with Gasteiger partial charge in [0.2, 0.25) is 11.8 Å². The lowest BCUT2D eigenvalue weighted by Crippen LogP contribution is -2.57. The quantitative estimate of drug-likeness (QED) is 0.323. The van der Waals surface area contributed by atoms with Crippen molar-refractivity contribution >= 4 is 29.1 Å². The number of benzene rings is 2. The highest BCUT2D eigenvalue weighted by atomic mass is 16.5. The molecule has 2 aromatic rings. The maximum atomic E-state index is 14.7. The molecular weight excluding hydrogens is 568 g/mol. The lowest BCUT2D eigenvalue weighted by atomic mass is 9.66. The van der Waals surface area contributed by atoms with Crippen LogP contribution in [0.4, 0.5) is 11.4 Å². The van der Waals surface area contributed by atoms with E-state index in [0.717, 1.165) is 24.3 Å². The number of likely N-dealkylation sites (tertiary alicyclic amines) is 1. The Balaban J connectivity index is 1.51. The van der Waals surface area contributed by atoms with Gasteiger partial charge in [0.25, 0.3) is 5.91 Å². The average molecular weight is 615 g/mol. The molecule has 3 aliphatic heterocycles. The molecule has 2 unspecified atom stereocenters. The summed E-state index contributed by atoms with van der Waals surface area (Å²) in [5.41, 5.74) is 0.602. The van der Waals surface area contributed by atoms with E-state index in [2.05, 4.69) is 31.9 Å². The monoisotopic (exact) mass is 614 g/mol. The fourth-order valence-electron chi connectivity index (χ4n) is 7.85. The zero-order chi connectivity index (χ0) is 32.4. The Morgan fingerprint density at radius 3 is 2.22 bits per heavy atom. The highest BCUT2D eigenvalue weighted by molar-refractivity contribution is 6.05. The second-order valence-corrected chi connectivity index (χ2v) is 12.4. The summed E-state index contributed by atoms with van der Waals surface area (Å²) in [7, 11) is 0. The largest absolute Gasteiger partial charge is 0.395 e. The fraction of sp³-hybridized carbons (Fsp3) is 0.472. The summed E-state index contributed by atoms with van der Waals surface area (Å²) >= 11 is 0. The SMILES string of the molecule is C=CCN(Cc1ccccc1)C(=O)[C@H]1[C@H]2C(=O)N(CCO)C(C(=O)N(CC=C)c3ccc(N(CC)CC)cc3)C23CC[C@]1(C)O3. The molecule has 1 spiro atoms. The summed E-state index contributed by atoms with van der Waals surface area (Å²) in [6.45, 7) is 16.1. The number of carbonyl (C=O) groups is 3. The molecule has 9 nitrogen and oxygen atoms in total. The number of anilines is 2. The Hall–Kier alpha value is -3.95. The van der Waals surface area contributed by atoms with Gasteiger partial charge in [0.1, 0.15) is 11.6 Å². The summed E-state index contributed by atoms with van der Waals surface area (Å²) in [5, 5.41) is 10.0.